The van der Waals surface area contributed by atoms with E-state index in [1.165, 1.54) is 38.6 Å². The highest BCUT2D eigenvalue weighted by Crippen LogP contribution is 2.42. The van der Waals surface area contributed by atoms with E-state index in [2.05, 4.69) is 10.3 Å². The van der Waals surface area contributed by atoms with Gasteiger partial charge in [0, 0.05) is 55.0 Å². The number of hydroxylamine groups is 2. The van der Waals surface area contributed by atoms with E-state index in [0.717, 1.165) is 11.1 Å². The number of piperidine rings is 1. The third-order valence-corrected chi connectivity index (χ3v) is 7.29. The van der Waals surface area contributed by atoms with Gasteiger partial charge in [0.2, 0.25) is 0 Å². The molecular formula is C30H26F4N6O2. The smallest absolute Gasteiger partial charge is 0.345 e. The average Bonchev–Trinajstić information content (AvgIpc) is 2.97. The van der Waals surface area contributed by atoms with Gasteiger partial charge in [0.15, 0.2) is 11.6 Å². The number of carbonyl (C=O) groups excluding carboxylic acids is 1. The van der Waals surface area contributed by atoms with Crippen molar-refractivity contribution in [3.8, 4) is 28.3 Å². The van der Waals surface area contributed by atoms with E-state index in [1.54, 1.807) is 18.2 Å². The SMILES string of the molecule is CON(C)C(=O)Nc1c(C#N)cc(F)c(F)c1-c1ccc2ncc(-c3cc(F)cc(F)c3)c(N3CCC(N)CC3)c2c1. The van der Waals surface area contributed by atoms with Crippen molar-refractivity contribution in [3.05, 3.63) is 77.5 Å². The molecular weight excluding hydrogens is 552 g/mol. The van der Waals surface area contributed by atoms with Crippen molar-refractivity contribution in [2.75, 3.05) is 37.5 Å². The van der Waals surface area contributed by atoms with Crippen LogP contribution < -0.4 is 16.0 Å². The first-order valence-corrected chi connectivity index (χ1v) is 13.0. The number of hydrogen-bond acceptors (Lipinski definition) is 6. The molecule has 1 aliphatic rings. The molecule has 0 saturated carbocycles. The summed E-state index contributed by atoms with van der Waals surface area (Å²) in [4.78, 5) is 24.0. The number of nitriles is 1. The molecule has 1 aliphatic heterocycles. The van der Waals surface area contributed by atoms with E-state index in [1.807, 2.05) is 4.90 Å². The Hall–Kier alpha value is -4.73. The van der Waals surface area contributed by atoms with Crippen molar-refractivity contribution < 1.29 is 27.2 Å². The van der Waals surface area contributed by atoms with E-state index >= 15 is 4.39 Å². The van der Waals surface area contributed by atoms with Crippen molar-refractivity contribution in [3.63, 3.8) is 0 Å². The summed E-state index contributed by atoms with van der Waals surface area (Å²) in [6.07, 6.45) is 2.84. The molecule has 42 heavy (non-hydrogen) atoms. The summed E-state index contributed by atoms with van der Waals surface area (Å²) >= 11 is 0. The van der Waals surface area contributed by atoms with E-state index in [9.17, 15) is 23.2 Å². The molecule has 2 heterocycles. The number of nitrogens with one attached hydrogen (secondary N) is 1. The monoisotopic (exact) mass is 578 g/mol. The van der Waals surface area contributed by atoms with Crippen LogP contribution in [0.25, 0.3) is 33.2 Å². The van der Waals surface area contributed by atoms with Crippen LogP contribution in [0.3, 0.4) is 0 Å². The number of amides is 2. The predicted octanol–water partition coefficient (Wildman–Crippen LogP) is 5.95. The number of hydrogen-bond donors (Lipinski definition) is 2. The summed E-state index contributed by atoms with van der Waals surface area (Å²) in [5.74, 6) is -4.10. The fraction of sp³-hybridized carbons (Fsp3) is 0.233. The number of rotatable bonds is 5. The van der Waals surface area contributed by atoms with Crippen LogP contribution in [0.4, 0.5) is 33.7 Å². The van der Waals surface area contributed by atoms with Crippen LogP contribution in [0.15, 0.2) is 48.7 Å². The summed E-state index contributed by atoms with van der Waals surface area (Å²) in [6.45, 7) is 1.07. The van der Waals surface area contributed by atoms with Crippen LogP contribution in [-0.4, -0.2) is 49.4 Å². The normalized spacial score (nSPS) is 13.7. The Labute approximate surface area is 238 Å². The van der Waals surface area contributed by atoms with Gasteiger partial charge in [0.1, 0.15) is 17.7 Å². The van der Waals surface area contributed by atoms with Gasteiger partial charge in [-0.3, -0.25) is 9.82 Å². The first-order chi connectivity index (χ1) is 20.1. The molecule has 1 saturated heterocycles. The second kappa shape index (κ2) is 11.6. The van der Waals surface area contributed by atoms with Crippen LogP contribution >= 0.6 is 0 Å². The zero-order chi connectivity index (χ0) is 30.1. The lowest BCUT2D eigenvalue weighted by atomic mass is 9.94. The van der Waals surface area contributed by atoms with Gasteiger partial charge in [-0.15, -0.1) is 0 Å². The molecule has 1 aromatic heterocycles. The number of nitrogens with two attached hydrogens (primary N) is 1. The van der Waals surface area contributed by atoms with Crippen molar-refractivity contribution in [1.29, 1.82) is 5.26 Å². The van der Waals surface area contributed by atoms with Gasteiger partial charge < -0.3 is 16.0 Å². The Morgan fingerprint density at radius 2 is 1.79 bits per heavy atom. The molecule has 0 bridgehead atoms. The maximum atomic E-state index is 15.5. The molecule has 5 rings (SSSR count). The van der Waals surface area contributed by atoms with E-state index in [-0.39, 0.29) is 34.0 Å². The van der Waals surface area contributed by atoms with Gasteiger partial charge in [-0.25, -0.2) is 27.4 Å². The molecule has 4 aromatic rings. The predicted molar refractivity (Wildman–Crippen MR) is 150 cm³/mol. The largest absolute Gasteiger partial charge is 0.370 e. The molecule has 0 radical (unpaired) electrons. The molecule has 0 spiro atoms. The zero-order valence-electron chi connectivity index (χ0n) is 22.7. The molecule has 0 unspecified atom stereocenters. The quantitative estimate of drug-likeness (QED) is 0.224. The number of anilines is 2. The molecule has 3 aromatic carbocycles. The Kier molecular flexibility index (Phi) is 7.98. The van der Waals surface area contributed by atoms with Gasteiger partial charge in [0.05, 0.1) is 29.6 Å². The van der Waals surface area contributed by atoms with E-state index in [4.69, 9.17) is 10.6 Å². The molecule has 3 N–H and O–H groups in total. The Morgan fingerprint density at radius 3 is 2.43 bits per heavy atom. The summed E-state index contributed by atoms with van der Waals surface area (Å²) in [5, 5.41) is 13.4. The number of halogens is 4. The van der Waals surface area contributed by atoms with Gasteiger partial charge >= 0.3 is 6.03 Å². The second-order valence-corrected chi connectivity index (χ2v) is 9.93. The Balaban J connectivity index is 1.78. The average molecular weight is 579 g/mol. The van der Waals surface area contributed by atoms with Crippen LogP contribution in [0.5, 0.6) is 0 Å². The fourth-order valence-corrected chi connectivity index (χ4v) is 5.10. The molecule has 0 atom stereocenters. The minimum atomic E-state index is -1.29. The summed E-state index contributed by atoms with van der Waals surface area (Å²) in [5.41, 5.74) is 7.07. The van der Waals surface area contributed by atoms with Crippen molar-refractivity contribution in [2.24, 2.45) is 5.73 Å². The number of nitrogens with zero attached hydrogens (tertiary/aromatic N) is 4. The summed E-state index contributed by atoms with van der Waals surface area (Å²) < 4.78 is 58.8. The Bertz CT molecular complexity index is 1710. The molecule has 8 nitrogen and oxygen atoms in total. The molecule has 216 valence electrons. The van der Waals surface area contributed by atoms with E-state index < -0.39 is 29.3 Å². The van der Waals surface area contributed by atoms with E-state index in [0.29, 0.717) is 54.2 Å². The lowest BCUT2D eigenvalue weighted by Gasteiger charge is -2.34. The van der Waals surface area contributed by atoms with Gasteiger partial charge in [-0.05, 0) is 54.3 Å². The van der Waals surface area contributed by atoms with Gasteiger partial charge in [-0.1, -0.05) is 6.07 Å². The topological polar surface area (TPSA) is 108 Å². The van der Waals surface area contributed by atoms with Crippen LogP contribution in [0.2, 0.25) is 0 Å². The molecule has 1 fully saturated rings. The molecule has 2 amide bonds. The number of benzene rings is 3. The molecule has 0 aliphatic carbocycles. The number of aromatic nitrogens is 1. The summed E-state index contributed by atoms with van der Waals surface area (Å²) in [7, 11) is 2.54. The van der Waals surface area contributed by atoms with Crippen molar-refractivity contribution in [1.82, 2.24) is 10.0 Å². The highest BCUT2D eigenvalue weighted by Gasteiger charge is 2.26. The third kappa shape index (κ3) is 5.44. The minimum absolute atomic E-state index is 0.0119. The number of carbonyl (C=O) groups is 1. The second-order valence-electron chi connectivity index (χ2n) is 9.93. The number of urea groups is 1. The zero-order valence-corrected chi connectivity index (χ0v) is 22.7. The lowest BCUT2D eigenvalue weighted by Crippen LogP contribution is -2.40. The Morgan fingerprint density at radius 1 is 1.10 bits per heavy atom. The number of pyridine rings is 1. The maximum Gasteiger partial charge on any atom is 0.345 e. The molecule has 12 heteroatoms. The fourth-order valence-electron chi connectivity index (χ4n) is 5.10. The van der Waals surface area contributed by atoms with Crippen molar-refractivity contribution in [2.45, 2.75) is 18.9 Å². The van der Waals surface area contributed by atoms with Gasteiger partial charge in [-0.2, -0.15) is 5.26 Å². The third-order valence-electron chi connectivity index (χ3n) is 7.29. The number of fused-ring (bicyclic) bond motifs is 1. The summed E-state index contributed by atoms with van der Waals surface area (Å²) in [6, 6.07) is 9.44. The standard InChI is InChI=1S/C30H26F4N6O2/c1-39(42-2)30(41)38-28-18(14-35)12-24(33)27(34)26(28)16-3-4-25-22(11-16)29(40-7-5-21(36)6-8-40)23(15-37-25)17-9-19(31)13-20(32)10-17/h3-4,9-13,15,21H,5-8,36H2,1-2H3,(H,38,41). The van der Waals surface area contributed by atoms with Crippen LogP contribution in [-0.2, 0) is 4.84 Å². The van der Waals surface area contributed by atoms with Crippen LogP contribution in [0, 0.1) is 34.6 Å². The lowest BCUT2D eigenvalue weighted by molar-refractivity contribution is -0.0598. The van der Waals surface area contributed by atoms with Crippen molar-refractivity contribution >= 4 is 28.3 Å². The maximum absolute atomic E-state index is 15.5. The highest BCUT2D eigenvalue weighted by molar-refractivity contribution is 6.03. The minimum Gasteiger partial charge on any atom is -0.370 e. The van der Waals surface area contributed by atoms with Gasteiger partial charge in [0.25, 0.3) is 0 Å². The first-order valence-electron chi connectivity index (χ1n) is 13.0. The highest BCUT2D eigenvalue weighted by atomic mass is 19.2. The first kappa shape index (κ1) is 28.8. The van der Waals surface area contributed by atoms with Crippen LogP contribution in [0.1, 0.15) is 18.4 Å².